The maximum atomic E-state index is 9.22. The monoisotopic (exact) mass is 238 g/mol. The molecular weight excluding hydrogens is 216 g/mol. The zero-order valence-corrected chi connectivity index (χ0v) is 10.8. The van der Waals surface area contributed by atoms with E-state index < -0.39 is 0 Å². The average molecular weight is 238 g/mol. The highest BCUT2D eigenvalue weighted by Crippen LogP contribution is 2.25. The van der Waals surface area contributed by atoms with Gasteiger partial charge >= 0.3 is 0 Å². The Morgan fingerprint density at radius 1 is 1.00 bits per heavy atom. The van der Waals surface area contributed by atoms with Crippen LogP contribution < -0.4 is 5.32 Å². The topological polar surface area (TPSA) is 35.8 Å². The van der Waals surface area contributed by atoms with Crippen LogP contribution in [0, 0.1) is 17.2 Å². The first-order chi connectivity index (χ1) is 7.90. The van der Waals surface area contributed by atoms with Crippen LogP contribution in [0.15, 0.2) is 0 Å². The lowest BCUT2D eigenvalue weighted by Gasteiger charge is -2.29. The Morgan fingerprint density at radius 2 is 1.75 bits per heavy atom. The molecule has 2 atom stereocenters. The average Bonchev–Trinajstić information content (AvgIpc) is 2.55. The van der Waals surface area contributed by atoms with Crippen molar-refractivity contribution >= 4 is 11.8 Å². The summed E-state index contributed by atoms with van der Waals surface area (Å²) in [5, 5.41) is 13.0. The summed E-state index contributed by atoms with van der Waals surface area (Å²) < 4.78 is 0. The number of hydrogen-bond donors (Lipinski definition) is 1. The fourth-order valence-corrected chi connectivity index (χ4v) is 3.94. The lowest BCUT2D eigenvalue weighted by molar-refractivity contribution is 0.336. The summed E-state index contributed by atoms with van der Waals surface area (Å²) in [4.78, 5) is 0. The van der Waals surface area contributed by atoms with Gasteiger partial charge in [-0.1, -0.05) is 19.3 Å². The van der Waals surface area contributed by atoms with Crippen molar-refractivity contribution in [3.8, 4) is 6.07 Å². The first-order valence-electron chi connectivity index (χ1n) is 6.63. The van der Waals surface area contributed by atoms with Crippen LogP contribution in [0.5, 0.6) is 0 Å². The Hall–Kier alpha value is -0.200. The molecular formula is C13H22N2S. The molecule has 0 aromatic rings. The van der Waals surface area contributed by atoms with E-state index in [0.29, 0.717) is 12.1 Å². The summed E-state index contributed by atoms with van der Waals surface area (Å²) in [6.07, 6.45) is 8.77. The smallest absolute Gasteiger partial charge is 0.0672 e. The van der Waals surface area contributed by atoms with E-state index in [0.717, 1.165) is 6.42 Å². The van der Waals surface area contributed by atoms with E-state index >= 15 is 0 Å². The zero-order chi connectivity index (χ0) is 11.2. The minimum atomic E-state index is 0.261. The van der Waals surface area contributed by atoms with E-state index in [9.17, 15) is 5.26 Å². The van der Waals surface area contributed by atoms with Gasteiger partial charge in [-0.2, -0.15) is 17.0 Å². The van der Waals surface area contributed by atoms with E-state index in [4.69, 9.17) is 0 Å². The van der Waals surface area contributed by atoms with Crippen molar-refractivity contribution in [2.45, 2.75) is 57.0 Å². The fraction of sp³-hybridized carbons (Fsp3) is 0.923. The van der Waals surface area contributed by atoms with E-state index in [-0.39, 0.29) is 5.92 Å². The highest BCUT2D eigenvalue weighted by atomic mass is 32.2. The molecule has 1 N–H and O–H groups in total. The molecule has 0 amide bonds. The lowest BCUT2D eigenvalue weighted by atomic mass is 9.95. The minimum Gasteiger partial charge on any atom is -0.310 e. The Bertz CT molecular complexity index is 243. The molecule has 16 heavy (non-hydrogen) atoms. The summed E-state index contributed by atoms with van der Waals surface area (Å²) in [5.41, 5.74) is 0. The molecule has 1 aliphatic heterocycles. The van der Waals surface area contributed by atoms with Gasteiger partial charge in [0, 0.05) is 12.1 Å². The normalized spacial score (nSPS) is 32.9. The van der Waals surface area contributed by atoms with Gasteiger partial charge in [0.25, 0.3) is 0 Å². The second kappa shape index (κ2) is 6.51. The molecule has 0 aromatic heterocycles. The maximum absolute atomic E-state index is 9.22. The Labute approximate surface area is 103 Å². The predicted molar refractivity (Wildman–Crippen MR) is 69.5 cm³/mol. The number of hydrogen-bond acceptors (Lipinski definition) is 3. The molecule has 1 saturated heterocycles. The predicted octanol–water partition coefficient (Wildman–Crippen LogP) is 2.94. The zero-order valence-electron chi connectivity index (χ0n) is 9.95. The summed E-state index contributed by atoms with van der Waals surface area (Å²) in [5.74, 6) is 2.85. The van der Waals surface area contributed by atoms with E-state index in [1.165, 1.54) is 50.0 Å². The van der Waals surface area contributed by atoms with Crippen LogP contribution in [0.2, 0.25) is 0 Å². The fourth-order valence-electron chi connectivity index (χ4n) is 2.83. The van der Waals surface area contributed by atoms with Gasteiger partial charge in [-0.15, -0.1) is 0 Å². The molecule has 2 rings (SSSR count). The van der Waals surface area contributed by atoms with Crippen LogP contribution in [-0.2, 0) is 0 Å². The van der Waals surface area contributed by atoms with Crippen molar-refractivity contribution in [1.29, 1.82) is 5.26 Å². The Kier molecular flexibility index (Phi) is 4.99. The molecule has 0 bridgehead atoms. The number of nitrogens with one attached hydrogen (secondary N) is 1. The molecule has 2 fully saturated rings. The van der Waals surface area contributed by atoms with Crippen LogP contribution in [0.25, 0.3) is 0 Å². The lowest BCUT2D eigenvalue weighted by Crippen LogP contribution is -2.43. The largest absolute Gasteiger partial charge is 0.310 e. The number of rotatable bonds is 2. The van der Waals surface area contributed by atoms with Crippen LogP contribution >= 0.6 is 11.8 Å². The van der Waals surface area contributed by atoms with Crippen molar-refractivity contribution in [2.75, 3.05) is 11.5 Å². The van der Waals surface area contributed by atoms with Gasteiger partial charge < -0.3 is 5.32 Å². The Balaban J connectivity index is 1.87. The molecule has 2 unspecified atom stereocenters. The Morgan fingerprint density at radius 3 is 2.50 bits per heavy atom. The van der Waals surface area contributed by atoms with Gasteiger partial charge in [-0.05, 0) is 37.2 Å². The maximum Gasteiger partial charge on any atom is 0.0672 e. The molecule has 1 aliphatic carbocycles. The van der Waals surface area contributed by atoms with Crippen LogP contribution in [0.4, 0.5) is 0 Å². The highest BCUT2D eigenvalue weighted by Gasteiger charge is 2.26. The van der Waals surface area contributed by atoms with E-state index in [1.54, 1.807) is 0 Å². The minimum absolute atomic E-state index is 0.261. The third-order valence-electron chi connectivity index (χ3n) is 3.85. The summed E-state index contributed by atoms with van der Waals surface area (Å²) in [6.45, 7) is 0. The molecule has 1 saturated carbocycles. The van der Waals surface area contributed by atoms with Gasteiger partial charge in [-0.3, -0.25) is 0 Å². The van der Waals surface area contributed by atoms with E-state index in [2.05, 4.69) is 23.1 Å². The van der Waals surface area contributed by atoms with Gasteiger partial charge in [-0.25, -0.2) is 0 Å². The summed E-state index contributed by atoms with van der Waals surface area (Å²) in [6, 6.07) is 3.67. The third kappa shape index (κ3) is 3.40. The molecule has 0 aromatic carbocycles. The first-order valence-corrected chi connectivity index (χ1v) is 7.79. The molecule has 2 aliphatic rings. The number of nitrogens with zero attached hydrogens (tertiary/aromatic N) is 1. The molecule has 1 heterocycles. The van der Waals surface area contributed by atoms with E-state index in [1.807, 2.05) is 0 Å². The quantitative estimate of drug-likeness (QED) is 0.751. The van der Waals surface area contributed by atoms with Crippen molar-refractivity contribution < 1.29 is 0 Å². The van der Waals surface area contributed by atoms with Gasteiger partial charge in [0.05, 0.1) is 12.0 Å². The summed E-state index contributed by atoms with van der Waals surface area (Å²) in [7, 11) is 0. The van der Waals surface area contributed by atoms with Crippen LogP contribution in [0.1, 0.15) is 44.9 Å². The second-order valence-electron chi connectivity index (χ2n) is 5.03. The third-order valence-corrected chi connectivity index (χ3v) is 4.90. The van der Waals surface area contributed by atoms with Crippen LogP contribution in [-0.4, -0.2) is 23.6 Å². The van der Waals surface area contributed by atoms with Crippen LogP contribution in [0.3, 0.4) is 0 Å². The number of thioether (sulfide) groups is 1. The van der Waals surface area contributed by atoms with Crippen molar-refractivity contribution in [3.05, 3.63) is 0 Å². The second-order valence-corrected chi connectivity index (χ2v) is 6.26. The van der Waals surface area contributed by atoms with Gasteiger partial charge in [0.1, 0.15) is 0 Å². The summed E-state index contributed by atoms with van der Waals surface area (Å²) >= 11 is 2.07. The molecule has 2 nitrogen and oxygen atoms in total. The van der Waals surface area contributed by atoms with Gasteiger partial charge in [0.15, 0.2) is 0 Å². The highest BCUT2D eigenvalue weighted by molar-refractivity contribution is 7.99. The van der Waals surface area contributed by atoms with Crippen molar-refractivity contribution in [2.24, 2.45) is 5.92 Å². The SMILES string of the molecule is N#CC1CCCCCC1NC1CCSCC1. The molecule has 3 heteroatoms. The molecule has 0 spiro atoms. The standard InChI is InChI=1S/C13H22N2S/c14-10-11-4-2-1-3-5-13(11)15-12-6-8-16-9-7-12/h11-13,15H,1-9H2. The van der Waals surface area contributed by atoms with Gasteiger partial charge in [0.2, 0.25) is 0 Å². The van der Waals surface area contributed by atoms with Crippen molar-refractivity contribution in [3.63, 3.8) is 0 Å². The number of nitriles is 1. The molecule has 0 radical (unpaired) electrons. The van der Waals surface area contributed by atoms with Crippen molar-refractivity contribution in [1.82, 2.24) is 5.32 Å². The first kappa shape index (κ1) is 12.3. The molecule has 90 valence electrons.